The summed E-state index contributed by atoms with van der Waals surface area (Å²) >= 11 is 3.28. The number of primary sulfonamides is 1. The average Bonchev–Trinajstić information content (AvgIpc) is 2.15. The van der Waals surface area contributed by atoms with Crippen molar-refractivity contribution >= 4 is 31.7 Å². The number of sulfonamides is 1. The Kier molecular flexibility index (Phi) is 4.23. The Labute approximate surface area is 103 Å². The monoisotopic (exact) mass is 305 g/mol. The van der Waals surface area contributed by atoms with Crippen LogP contribution >= 0.6 is 15.9 Å². The Morgan fingerprint density at radius 2 is 1.88 bits per heavy atom. The van der Waals surface area contributed by atoms with Crippen LogP contribution in [0.5, 0.6) is 0 Å². The lowest BCUT2D eigenvalue weighted by Crippen LogP contribution is -2.26. The maximum atomic E-state index is 11.6. The van der Waals surface area contributed by atoms with Crippen LogP contribution in [0.4, 0.5) is 0 Å². The normalized spacial score (nSPS) is 13.4. The lowest BCUT2D eigenvalue weighted by atomic mass is 9.98. The van der Waals surface area contributed by atoms with Crippen molar-refractivity contribution in [1.82, 2.24) is 0 Å². The third-order valence-corrected chi connectivity index (χ3v) is 3.41. The first kappa shape index (κ1) is 13.3. The van der Waals surface area contributed by atoms with Crippen molar-refractivity contribution in [2.45, 2.75) is 12.8 Å². The molecule has 1 unspecified atom stereocenters. The average molecular weight is 306 g/mol. The Morgan fingerprint density at radius 1 is 1.38 bits per heavy atom. The van der Waals surface area contributed by atoms with Gasteiger partial charge in [-0.05, 0) is 17.7 Å². The minimum atomic E-state index is -3.74. The lowest BCUT2D eigenvalue weighted by Gasteiger charge is -2.09. The fourth-order valence-electron chi connectivity index (χ4n) is 1.26. The quantitative estimate of drug-likeness (QED) is 0.913. The van der Waals surface area contributed by atoms with Crippen LogP contribution in [-0.4, -0.2) is 20.0 Å². The van der Waals surface area contributed by atoms with Gasteiger partial charge in [0.25, 0.3) is 0 Å². The summed E-state index contributed by atoms with van der Waals surface area (Å²) in [6.07, 6.45) is 0. The summed E-state index contributed by atoms with van der Waals surface area (Å²) in [5.74, 6) is -1.49. The van der Waals surface area contributed by atoms with E-state index in [1.165, 1.54) is 0 Å². The van der Waals surface area contributed by atoms with Crippen LogP contribution in [0.15, 0.2) is 28.7 Å². The number of benzene rings is 1. The van der Waals surface area contributed by atoms with Crippen molar-refractivity contribution in [2.75, 3.05) is 5.75 Å². The van der Waals surface area contributed by atoms with Crippen molar-refractivity contribution in [2.24, 2.45) is 5.14 Å². The molecule has 2 N–H and O–H groups in total. The molecule has 4 nitrogen and oxygen atoms in total. The molecule has 1 atom stereocenters. The molecule has 0 amide bonds. The molecule has 0 heterocycles. The van der Waals surface area contributed by atoms with Gasteiger partial charge in [0.05, 0.1) is 0 Å². The summed E-state index contributed by atoms with van der Waals surface area (Å²) in [5, 5.41) is 4.82. The van der Waals surface area contributed by atoms with Gasteiger partial charge in [0.15, 0.2) is 5.78 Å². The molecule has 16 heavy (non-hydrogen) atoms. The largest absolute Gasteiger partial charge is 0.298 e. The molecule has 1 rings (SSSR count). The number of hydrogen-bond acceptors (Lipinski definition) is 3. The van der Waals surface area contributed by atoms with Crippen LogP contribution in [0.2, 0.25) is 0 Å². The van der Waals surface area contributed by atoms with E-state index in [0.29, 0.717) is 0 Å². The second-order valence-electron chi connectivity index (χ2n) is 3.55. The second kappa shape index (κ2) is 5.07. The van der Waals surface area contributed by atoms with Gasteiger partial charge >= 0.3 is 0 Å². The minimum Gasteiger partial charge on any atom is -0.298 e. The molecule has 0 saturated carbocycles. The van der Waals surface area contributed by atoms with Crippen LogP contribution in [-0.2, 0) is 14.8 Å². The molecule has 0 spiro atoms. The molecule has 0 aliphatic rings. The fourth-order valence-corrected chi connectivity index (χ4v) is 2.17. The molecule has 6 heteroatoms. The molecule has 1 aromatic carbocycles. The number of ketones is 1. The van der Waals surface area contributed by atoms with E-state index in [4.69, 9.17) is 5.14 Å². The SMILES string of the molecule is CC(C(=O)CS(N)(=O)=O)c1ccc(Br)cc1. The van der Waals surface area contributed by atoms with E-state index >= 15 is 0 Å². The highest BCUT2D eigenvalue weighted by Gasteiger charge is 2.19. The van der Waals surface area contributed by atoms with Gasteiger partial charge in [-0.3, -0.25) is 4.79 Å². The highest BCUT2D eigenvalue weighted by Crippen LogP contribution is 2.19. The first-order valence-corrected chi connectivity index (χ1v) is 7.09. The van der Waals surface area contributed by atoms with Gasteiger partial charge in [-0.25, -0.2) is 13.6 Å². The Bertz CT molecular complexity index is 481. The van der Waals surface area contributed by atoms with E-state index < -0.39 is 27.5 Å². The molecule has 88 valence electrons. The molecule has 0 saturated heterocycles. The van der Waals surface area contributed by atoms with E-state index in [0.717, 1.165) is 10.0 Å². The van der Waals surface area contributed by atoms with Crippen LogP contribution in [0.3, 0.4) is 0 Å². The summed E-state index contributed by atoms with van der Waals surface area (Å²) in [7, 11) is -3.74. The molecule has 0 aliphatic carbocycles. The van der Waals surface area contributed by atoms with Gasteiger partial charge in [-0.15, -0.1) is 0 Å². The first-order valence-electron chi connectivity index (χ1n) is 4.58. The topological polar surface area (TPSA) is 77.2 Å². The Balaban J connectivity index is 2.82. The number of nitrogens with two attached hydrogens (primary N) is 1. The number of carbonyl (C=O) groups is 1. The Morgan fingerprint density at radius 3 is 2.31 bits per heavy atom. The third kappa shape index (κ3) is 4.03. The predicted molar refractivity (Wildman–Crippen MR) is 65.5 cm³/mol. The van der Waals surface area contributed by atoms with E-state index in [-0.39, 0.29) is 0 Å². The van der Waals surface area contributed by atoms with Crippen molar-refractivity contribution in [3.05, 3.63) is 34.3 Å². The zero-order valence-electron chi connectivity index (χ0n) is 8.68. The Hall–Kier alpha value is -0.720. The number of carbonyl (C=O) groups excluding carboxylic acids is 1. The zero-order valence-corrected chi connectivity index (χ0v) is 11.1. The first-order chi connectivity index (χ1) is 7.29. The van der Waals surface area contributed by atoms with Gasteiger partial charge in [0.1, 0.15) is 5.75 Å². The summed E-state index contributed by atoms with van der Waals surface area (Å²) in [6.45, 7) is 1.66. The van der Waals surface area contributed by atoms with Crippen molar-refractivity contribution in [3.63, 3.8) is 0 Å². The highest BCUT2D eigenvalue weighted by molar-refractivity contribution is 9.10. The van der Waals surface area contributed by atoms with E-state index in [2.05, 4.69) is 15.9 Å². The van der Waals surface area contributed by atoms with Crippen molar-refractivity contribution in [3.8, 4) is 0 Å². The van der Waals surface area contributed by atoms with Crippen LogP contribution in [0.1, 0.15) is 18.4 Å². The van der Waals surface area contributed by atoms with Crippen LogP contribution in [0.25, 0.3) is 0 Å². The van der Waals surface area contributed by atoms with Crippen LogP contribution in [0, 0.1) is 0 Å². The fraction of sp³-hybridized carbons (Fsp3) is 0.300. The van der Waals surface area contributed by atoms with Gasteiger partial charge in [0.2, 0.25) is 10.0 Å². The third-order valence-electron chi connectivity index (χ3n) is 2.20. The smallest absolute Gasteiger partial charge is 0.216 e. The molecule has 0 aromatic heterocycles. The molecular weight excluding hydrogens is 294 g/mol. The standard InChI is InChI=1S/C10H12BrNO3S/c1-7(10(13)6-16(12,14)15)8-2-4-9(11)5-3-8/h2-5,7H,6H2,1H3,(H2,12,14,15). The molecule has 0 fully saturated rings. The summed E-state index contributed by atoms with van der Waals surface area (Å²) in [5.41, 5.74) is 0.775. The van der Waals surface area contributed by atoms with Gasteiger partial charge in [0, 0.05) is 10.4 Å². The van der Waals surface area contributed by atoms with E-state index in [1.54, 1.807) is 31.2 Å². The van der Waals surface area contributed by atoms with Gasteiger partial charge in [-0.2, -0.15) is 0 Å². The molecular formula is C10H12BrNO3S. The minimum absolute atomic E-state index is 0.398. The number of Topliss-reactive ketones (excluding diaryl/α,β-unsaturated/α-hetero) is 1. The van der Waals surface area contributed by atoms with Crippen molar-refractivity contribution in [1.29, 1.82) is 0 Å². The molecule has 0 radical (unpaired) electrons. The summed E-state index contributed by atoms with van der Waals surface area (Å²) in [6, 6.07) is 7.15. The molecule has 0 bridgehead atoms. The summed E-state index contributed by atoms with van der Waals surface area (Å²) in [4.78, 5) is 11.6. The van der Waals surface area contributed by atoms with Gasteiger partial charge < -0.3 is 0 Å². The van der Waals surface area contributed by atoms with Crippen LogP contribution < -0.4 is 5.14 Å². The van der Waals surface area contributed by atoms with Crippen molar-refractivity contribution < 1.29 is 13.2 Å². The summed E-state index contributed by atoms with van der Waals surface area (Å²) < 4.78 is 22.5. The number of hydrogen-bond donors (Lipinski definition) is 1. The second-order valence-corrected chi connectivity index (χ2v) is 6.08. The van der Waals surface area contributed by atoms with E-state index in [9.17, 15) is 13.2 Å². The van der Waals surface area contributed by atoms with Gasteiger partial charge in [-0.1, -0.05) is 35.0 Å². The maximum Gasteiger partial charge on any atom is 0.216 e. The molecule has 1 aromatic rings. The molecule has 0 aliphatic heterocycles. The number of rotatable bonds is 4. The number of halogens is 1. The lowest BCUT2D eigenvalue weighted by molar-refractivity contribution is -0.117. The highest BCUT2D eigenvalue weighted by atomic mass is 79.9. The zero-order chi connectivity index (χ0) is 12.3. The maximum absolute atomic E-state index is 11.6. The predicted octanol–water partition coefficient (Wildman–Crippen LogP) is 1.41. The van der Waals surface area contributed by atoms with E-state index in [1.807, 2.05) is 0 Å².